The molecule has 0 heterocycles. The second-order valence-electron chi connectivity index (χ2n) is 5.83. The van der Waals surface area contributed by atoms with Gasteiger partial charge in [-0.15, -0.1) is 0 Å². The van der Waals surface area contributed by atoms with Gasteiger partial charge in [-0.25, -0.2) is 8.78 Å². The average Bonchev–Trinajstić information content (AvgIpc) is 2.86. The van der Waals surface area contributed by atoms with Gasteiger partial charge in [0.1, 0.15) is 0 Å². The Kier molecular flexibility index (Phi) is 4.92. The molecule has 0 aliphatic heterocycles. The molecule has 1 aliphatic rings. The molecule has 1 atom stereocenters. The van der Waals surface area contributed by atoms with E-state index in [1.54, 1.807) is 6.07 Å². The summed E-state index contributed by atoms with van der Waals surface area (Å²) in [6.07, 6.45) is 4.64. The number of aryl methyl sites for hydroxylation is 1. The summed E-state index contributed by atoms with van der Waals surface area (Å²) in [7, 11) is 0. The smallest absolute Gasteiger partial charge is 0.191 e. The molecule has 0 spiro atoms. The molecular weight excluding hydrogens is 270 g/mol. The monoisotopic (exact) mass is 292 g/mol. The number of hydrogen-bond acceptors (Lipinski definition) is 1. The van der Waals surface area contributed by atoms with Crippen molar-refractivity contribution < 1.29 is 13.6 Å². The van der Waals surface area contributed by atoms with Gasteiger partial charge in [0, 0.05) is 0 Å². The molecule has 0 saturated carbocycles. The lowest BCUT2D eigenvalue weighted by Gasteiger charge is -2.14. The van der Waals surface area contributed by atoms with Crippen molar-refractivity contribution >= 4 is 5.78 Å². The molecule has 1 aromatic rings. The van der Waals surface area contributed by atoms with Gasteiger partial charge in [0.25, 0.3) is 0 Å². The summed E-state index contributed by atoms with van der Waals surface area (Å²) in [4.78, 5) is 12.2. The third-order valence-corrected chi connectivity index (χ3v) is 4.26. The van der Waals surface area contributed by atoms with E-state index in [-0.39, 0.29) is 11.5 Å². The van der Waals surface area contributed by atoms with Crippen molar-refractivity contribution in [1.82, 2.24) is 0 Å². The molecule has 1 nitrogen and oxygen atoms in total. The number of Topliss-reactive ketones (excluding diaryl/α,β-unsaturated/α-hetero) is 1. The Balaban J connectivity index is 2.42. The zero-order valence-corrected chi connectivity index (χ0v) is 12.8. The van der Waals surface area contributed by atoms with Gasteiger partial charge in [0.15, 0.2) is 17.4 Å². The van der Waals surface area contributed by atoms with E-state index in [2.05, 4.69) is 6.58 Å². The number of hydrogen-bond donors (Lipinski definition) is 0. The number of benzene rings is 1. The number of halogens is 2. The van der Waals surface area contributed by atoms with E-state index in [0.717, 1.165) is 37.7 Å². The van der Waals surface area contributed by atoms with Gasteiger partial charge in [-0.05, 0) is 54.4 Å². The Morgan fingerprint density at radius 3 is 2.62 bits per heavy atom. The molecule has 0 radical (unpaired) electrons. The van der Waals surface area contributed by atoms with Gasteiger partial charge in [0.05, 0.1) is 5.56 Å². The number of rotatable bonds is 6. The van der Waals surface area contributed by atoms with Crippen molar-refractivity contribution in [1.29, 1.82) is 0 Å². The summed E-state index contributed by atoms with van der Waals surface area (Å²) < 4.78 is 28.7. The zero-order chi connectivity index (χ0) is 15.6. The highest BCUT2D eigenvalue weighted by atomic mass is 19.2. The molecule has 0 bridgehead atoms. The van der Waals surface area contributed by atoms with Gasteiger partial charge in [-0.2, -0.15) is 0 Å². The maximum Gasteiger partial charge on any atom is 0.191 e. The maximum atomic E-state index is 14.4. The van der Waals surface area contributed by atoms with E-state index >= 15 is 0 Å². The average molecular weight is 292 g/mol. The molecule has 2 rings (SSSR count). The van der Waals surface area contributed by atoms with Gasteiger partial charge < -0.3 is 0 Å². The normalized spacial score (nSPS) is 16.9. The number of fused-ring (bicyclic) bond motifs is 1. The number of allylic oxidation sites excluding steroid dienone is 1. The van der Waals surface area contributed by atoms with Crippen LogP contribution in [-0.2, 0) is 6.42 Å². The second-order valence-corrected chi connectivity index (χ2v) is 5.83. The summed E-state index contributed by atoms with van der Waals surface area (Å²) in [5, 5.41) is 0. The molecular formula is C18H22F2O. The zero-order valence-electron chi connectivity index (χ0n) is 12.8. The second kappa shape index (κ2) is 6.50. The first-order chi connectivity index (χ1) is 10.0. The molecule has 0 N–H and O–H groups in total. The Hall–Kier alpha value is -1.51. The maximum absolute atomic E-state index is 14.4. The number of carbonyl (C=O) groups excluding carboxylic acids is 1. The van der Waals surface area contributed by atoms with Crippen LogP contribution in [0.2, 0.25) is 0 Å². The van der Waals surface area contributed by atoms with Crippen LogP contribution in [0, 0.1) is 11.6 Å². The van der Waals surface area contributed by atoms with Crippen LogP contribution >= 0.6 is 0 Å². The predicted octanol–water partition coefficient (Wildman–Crippen LogP) is 5.33. The molecule has 0 amide bonds. The van der Waals surface area contributed by atoms with Crippen LogP contribution < -0.4 is 0 Å². The topological polar surface area (TPSA) is 17.1 Å². The predicted molar refractivity (Wildman–Crippen MR) is 80.7 cm³/mol. The van der Waals surface area contributed by atoms with Crippen molar-refractivity contribution in [2.75, 3.05) is 0 Å². The first kappa shape index (κ1) is 15.9. The minimum Gasteiger partial charge on any atom is -0.289 e. The largest absolute Gasteiger partial charge is 0.289 e. The molecule has 0 fully saturated rings. The van der Waals surface area contributed by atoms with Gasteiger partial charge in [-0.3, -0.25) is 4.79 Å². The summed E-state index contributed by atoms with van der Waals surface area (Å²) in [6, 6.07) is 1.55. The Bertz CT molecular complexity index is 575. The van der Waals surface area contributed by atoms with Gasteiger partial charge >= 0.3 is 0 Å². The van der Waals surface area contributed by atoms with Crippen LogP contribution in [0.15, 0.2) is 18.2 Å². The molecule has 1 aromatic carbocycles. The van der Waals surface area contributed by atoms with E-state index in [9.17, 15) is 13.6 Å². The fourth-order valence-corrected chi connectivity index (χ4v) is 3.22. The number of carbonyl (C=O) groups is 1. The lowest BCUT2D eigenvalue weighted by molar-refractivity contribution is 0.102. The molecule has 114 valence electrons. The third kappa shape index (κ3) is 2.92. The molecule has 1 unspecified atom stereocenters. The minimum atomic E-state index is -1.00. The van der Waals surface area contributed by atoms with E-state index in [4.69, 9.17) is 0 Å². The fourth-order valence-electron chi connectivity index (χ4n) is 3.22. The summed E-state index contributed by atoms with van der Waals surface area (Å²) in [6.45, 7) is 7.66. The van der Waals surface area contributed by atoms with Crippen molar-refractivity contribution in [3.05, 3.63) is 46.5 Å². The van der Waals surface area contributed by atoms with Crippen LogP contribution in [-0.4, -0.2) is 5.78 Å². The molecule has 1 aliphatic carbocycles. The van der Waals surface area contributed by atoms with Crippen LogP contribution in [0.25, 0.3) is 0 Å². The summed E-state index contributed by atoms with van der Waals surface area (Å²) in [5.41, 5.74) is 1.48. The van der Waals surface area contributed by atoms with E-state index in [1.807, 2.05) is 13.8 Å². The SMILES string of the molecule is C=C(CCC)C(=O)c1cc2c(c(F)c1F)C(CCC)CC2. The minimum absolute atomic E-state index is 0.0856. The van der Waals surface area contributed by atoms with Crippen molar-refractivity contribution in [3.63, 3.8) is 0 Å². The van der Waals surface area contributed by atoms with Crippen molar-refractivity contribution in [2.24, 2.45) is 0 Å². The standard InChI is InChI=1S/C18H22F2O/c1-4-6-11(3)18(21)14-10-13-9-8-12(7-5-2)15(13)17(20)16(14)19/h10,12H,3-9H2,1-2H3. The van der Waals surface area contributed by atoms with E-state index < -0.39 is 17.4 Å². The lowest BCUT2D eigenvalue weighted by atomic mass is 9.92. The summed E-state index contributed by atoms with van der Waals surface area (Å²) in [5.74, 6) is -2.20. The summed E-state index contributed by atoms with van der Waals surface area (Å²) >= 11 is 0. The highest BCUT2D eigenvalue weighted by Gasteiger charge is 2.30. The highest BCUT2D eigenvalue weighted by molar-refractivity contribution is 6.08. The Morgan fingerprint density at radius 2 is 2.00 bits per heavy atom. The number of ketones is 1. The van der Waals surface area contributed by atoms with Crippen LogP contribution in [0.1, 0.15) is 73.4 Å². The highest BCUT2D eigenvalue weighted by Crippen LogP contribution is 2.40. The molecule has 0 saturated heterocycles. The van der Waals surface area contributed by atoms with E-state index in [0.29, 0.717) is 17.6 Å². The van der Waals surface area contributed by atoms with E-state index in [1.165, 1.54) is 0 Å². The van der Waals surface area contributed by atoms with Crippen LogP contribution in [0.4, 0.5) is 8.78 Å². The van der Waals surface area contributed by atoms with Gasteiger partial charge in [-0.1, -0.05) is 33.3 Å². The third-order valence-electron chi connectivity index (χ3n) is 4.26. The molecule has 0 aromatic heterocycles. The Morgan fingerprint density at radius 1 is 1.29 bits per heavy atom. The molecule has 21 heavy (non-hydrogen) atoms. The lowest BCUT2D eigenvalue weighted by Crippen LogP contribution is -2.10. The fraction of sp³-hybridized carbons (Fsp3) is 0.500. The quantitative estimate of drug-likeness (QED) is 0.511. The van der Waals surface area contributed by atoms with Crippen LogP contribution in [0.5, 0.6) is 0 Å². The first-order valence-electron chi connectivity index (χ1n) is 7.74. The molecule has 3 heteroatoms. The Labute approximate surface area is 125 Å². The first-order valence-corrected chi connectivity index (χ1v) is 7.74. The van der Waals surface area contributed by atoms with Crippen molar-refractivity contribution in [2.45, 2.75) is 58.3 Å². The van der Waals surface area contributed by atoms with Gasteiger partial charge in [0.2, 0.25) is 0 Å². The van der Waals surface area contributed by atoms with Crippen LogP contribution in [0.3, 0.4) is 0 Å². The van der Waals surface area contributed by atoms with Crippen molar-refractivity contribution in [3.8, 4) is 0 Å².